The Balaban J connectivity index is 2.10. The zero-order valence-electron chi connectivity index (χ0n) is 11.3. The standard InChI is InChI=1S/C12H18N2O5S/c1-20(18,19)8-4-7-14-10(16)12(5-2-3-6-12)9(15)13-11(14)17/h2-8H2,1H3,(H,13,15,17). The lowest BCUT2D eigenvalue weighted by molar-refractivity contribution is -0.151. The van der Waals surface area contributed by atoms with Crippen LogP contribution in [0.5, 0.6) is 0 Å². The lowest BCUT2D eigenvalue weighted by atomic mass is 9.82. The summed E-state index contributed by atoms with van der Waals surface area (Å²) in [6, 6.07) is -0.744. The number of rotatable bonds is 4. The predicted molar refractivity (Wildman–Crippen MR) is 70.5 cm³/mol. The number of imide groups is 2. The van der Waals surface area contributed by atoms with Crippen molar-refractivity contribution in [1.82, 2.24) is 10.2 Å². The molecular formula is C12H18N2O5S. The molecule has 1 saturated heterocycles. The third-order valence-corrected chi connectivity index (χ3v) is 4.94. The van der Waals surface area contributed by atoms with Crippen LogP contribution in [0.15, 0.2) is 0 Å². The number of nitrogens with one attached hydrogen (secondary N) is 1. The molecule has 0 aromatic heterocycles. The Morgan fingerprint density at radius 3 is 2.35 bits per heavy atom. The summed E-state index contributed by atoms with van der Waals surface area (Å²) < 4.78 is 22.2. The molecule has 20 heavy (non-hydrogen) atoms. The van der Waals surface area contributed by atoms with Gasteiger partial charge in [0.05, 0.1) is 5.75 Å². The van der Waals surface area contributed by atoms with E-state index in [4.69, 9.17) is 0 Å². The van der Waals surface area contributed by atoms with E-state index in [1.807, 2.05) is 0 Å². The van der Waals surface area contributed by atoms with Crippen LogP contribution in [0.4, 0.5) is 4.79 Å². The fourth-order valence-electron chi connectivity index (χ4n) is 2.84. The molecule has 0 aromatic carbocycles. The Hall–Kier alpha value is -1.44. The molecule has 1 heterocycles. The van der Waals surface area contributed by atoms with Gasteiger partial charge in [0.25, 0.3) is 0 Å². The van der Waals surface area contributed by atoms with Crippen molar-refractivity contribution >= 4 is 27.7 Å². The smallest absolute Gasteiger partial charge is 0.277 e. The van der Waals surface area contributed by atoms with Crippen LogP contribution in [0.25, 0.3) is 0 Å². The highest BCUT2D eigenvalue weighted by Gasteiger charge is 2.54. The first kappa shape index (κ1) is 15.0. The van der Waals surface area contributed by atoms with E-state index in [9.17, 15) is 22.8 Å². The fraction of sp³-hybridized carbons (Fsp3) is 0.750. The van der Waals surface area contributed by atoms with Gasteiger partial charge in [-0.2, -0.15) is 0 Å². The largest absolute Gasteiger partial charge is 0.330 e. The summed E-state index contributed by atoms with van der Waals surface area (Å²) >= 11 is 0. The van der Waals surface area contributed by atoms with E-state index >= 15 is 0 Å². The minimum Gasteiger partial charge on any atom is -0.277 e. The summed E-state index contributed by atoms with van der Waals surface area (Å²) in [4.78, 5) is 37.1. The Kier molecular flexibility index (Phi) is 3.86. The average Bonchev–Trinajstić information content (AvgIpc) is 2.81. The van der Waals surface area contributed by atoms with E-state index in [0.29, 0.717) is 12.8 Å². The monoisotopic (exact) mass is 302 g/mol. The maximum atomic E-state index is 12.4. The van der Waals surface area contributed by atoms with Crippen LogP contribution in [0.3, 0.4) is 0 Å². The van der Waals surface area contributed by atoms with Crippen molar-refractivity contribution in [3.8, 4) is 0 Å². The van der Waals surface area contributed by atoms with Gasteiger partial charge in [0.15, 0.2) is 0 Å². The quantitative estimate of drug-likeness (QED) is 0.740. The first-order chi connectivity index (χ1) is 9.26. The van der Waals surface area contributed by atoms with Crippen LogP contribution in [-0.4, -0.2) is 49.7 Å². The number of amides is 4. The average molecular weight is 302 g/mol. The van der Waals surface area contributed by atoms with Gasteiger partial charge in [-0.05, 0) is 19.3 Å². The van der Waals surface area contributed by atoms with Crippen molar-refractivity contribution < 1.29 is 22.8 Å². The summed E-state index contributed by atoms with van der Waals surface area (Å²) in [5.74, 6) is -1.08. The Labute approximate surface area is 117 Å². The van der Waals surface area contributed by atoms with Gasteiger partial charge in [0.1, 0.15) is 15.3 Å². The predicted octanol–water partition coefficient (Wildman–Crippen LogP) is 0.0599. The molecule has 8 heteroatoms. The van der Waals surface area contributed by atoms with Crippen molar-refractivity contribution in [2.75, 3.05) is 18.6 Å². The third-order valence-electron chi connectivity index (χ3n) is 3.91. The number of barbiturate groups is 1. The number of hydrogen-bond donors (Lipinski definition) is 1. The molecule has 2 rings (SSSR count). The van der Waals surface area contributed by atoms with Gasteiger partial charge >= 0.3 is 6.03 Å². The van der Waals surface area contributed by atoms with Crippen molar-refractivity contribution in [3.63, 3.8) is 0 Å². The van der Waals surface area contributed by atoms with Crippen molar-refractivity contribution in [3.05, 3.63) is 0 Å². The highest BCUT2D eigenvalue weighted by molar-refractivity contribution is 7.90. The van der Waals surface area contributed by atoms with Crippen molar-refractivity contribution in [1.29, 1.82) is 0 Å². The molecule has 112 valence electrons. The maximum Gasteiger partial charge on any atom is 0.330 e. The van der Waals surface area contributed by atoms with Crippen LogP contribution in [0.1, 0.15) is 32.1 Å². The summed E-state index contributed by atoms with van der Waals surface area (Å²) in [6.45, 7) is 0.0206. The van der Waals surface area contributed by atoms with Crippen molar-refractivity contribution in [2.24, 2.45) is 5.41 Å². The van der Waals surface area contributed by atoms with Gasteiger partial charge in [-0.25, -0.2) is 13.2 Å². The molecule has 0 radical (unpaired) electrons. The minimum atomic E-state index is -3.13. The van der Waals surface area contributed by atoms with E-state index in [0.717, 1.165) is 24.0 Å². The number of hydrogen-bond acceptors (Lipinski definition) is 5. The maximum absolute atomic E-state index is 12.4. The van der Waals surface area contributed by atoms with Crippen molar-refractivity contribution in [2.45, 2.75) is 32.1 Å². The number of nitrogens with zero attached hydrogens (tertiary/aromatic N) is 1. The minimum absolute atomic E-state index is 0.0206. The molecule has 0 unspecified atom stereocenters. The van der Waals surface area contributed by atoms with Gasteiger partial charge in [-0.3, -0.25) is 19.8 Å². The van der Waals surface area contributed by atoms with Crippen LogP contribution in [0.2, 0.25) is 0 Å². The molecule has 0 atom stereocenters. The lowest BCUT2D eigenvalue weighted by Gasteiger charge is -2.36. The van der Waals surface area contributed by atoms with E-state index in [1.165, 1.54) is 0 Å². The zero-order chi connectivity index (χ0) is 15.0. The summed E-state index contributed by atoms with van der Waals surface area (Å²) in [5, 5.41) is 2.22. The Bertz CT molecular complexity index is 548. The summed E-state index contributed by atoms with van der Waals surface area (Å²) in [6.07, 6.45) is 3.76. The fourth-order valence-corrected chi connectivity index (χ4v) is 3.49. The Morgan fingerprint density at radius 2 is 1.80 bits per heavy atom. The molecule has 2 aliphatic rings. The number of urea groups is 1. The number of carbonyl (C=O) groups excluding carboxylic acids is 3. The second kappa shape index (κ2) is 5.16. The topological polar surface area (TPSA) is 101 Å². The lowest BCUT2D eigenvalue weighted by Crippen LogP contribution is -2.63. The van der Waals surface area contributed by atoms with E-state index < -0.39 is 33.1 Å². The van der Waals surface area contributed by atoms with Crippen LogP contribution in [0, 0.1) is 5.41 Å². The van der Waals surface area contributed by atoms with E-state index in [-0.39, 0.29) is 18.7 Å². The first-order valence-electron chi connectivity index (χ1n) is 6.61. The Morgan fingerprint density at radius 1 is 1.20 bits per heavy atom. The van der Waals surface area contributed by atoms with Gasteiger partial charge in [-0.1, -0.05) is 12.8 Å². The van der Waals surface area contributed by atoms with Gasteiger partial charge in [-0.15, -0.1) is 0 Å². The molecule has 1 spiro atoms. The van der Waals surface area contributed by atoms with E-state index in [2.05, 4.69) is 5.32 Å². The molecule has 1 saturated carbocycles. The second-order valence-electron chi connectivity index (χ2n) is 5.49. The number of sulfone groups is 1. The molecule has 1 N–H and O–H groups in total. The third kappa shape index (κ3) is 2.70. The van der Waals surface area contributed by atoms with Crippen LogP contribution < -0.4 is 5.32 Å². The van der Waals surface area contributed by atoms with Gasteiger partial charge < -0.3 is 0 Å². The van der Waals surface area contributed by atoms with Gasteiger partial charge in [0.2, 0.25) is 11.8 Å². The van der Waals surface area contributed by atoms with Gasteiger partial charge in [0, 0.05) is 12.8 Å². The molecule has 7 nitrogen and oxygen atoms in total. The normalized spacial score (nSPS) is 22.4. The molecule has 4 amide bonds. The van der Waals surface area contributed by atoms with Crippen LogP contribution >= 0.6 is 0 Å². The zero-order valence-corrected chi connectivity index (χ0v) is 12.2. The number of carbonyl (C=O) groups is 3. The first-order valence-corrected chi connectivity index (χ1v) is 8.67. The molecule has 1 aliphatic heterocycles. The molecule has 2 fully saturated rings. The molecule has 0 aromatic rings. The molecular weight excluding hydrogens is 284 g/mol. The van der Waals surface area contributed by atoms with Crippen LogP contribution in [-0.2, 0) is 19.4 Å². The summed E-state index contributed by atoms with van der Waals surface area (Å²) in [5.41, 5.74) is -1.11. The summed E-state index contributed by atoms with van der Waals surface area (Å²) in [7, 11) is -3.13. The van der Waals surface area contributed by atoms with E-state index in [1.54, 1.807) is 0 Å². The molecule has 0 bridgehead atoms. The SMILES string of the molecule is CS(=O)(=O)CCCN1C(=O)NC(=O)C2(CCCC2)C1=O. The highest BCUT2D eigenvalue weighted by Crippen LogP contribution is 2.41. The second-order valence-corrected chi connectivity index (χ2v) is 7.75. The highest BCUT2D eigenvalue weighted by atomic mass is 32.2. The molecule has 1 aliphatic carbocycles.